The van der Waals surface area contributed by atoms with Crippen LogP contribution in [0.3, 0.4) is 0 Å². The minimum absolute atomic E-state index is 0.279. The smallest absolute Gasteiger partial charge is 0.240 e. The molecule has 1 aliphatic rings. The van der Waals surface area contributed by atoms with Crippen LogP contribution >= 0.6 is 23.5 Å². The van der Waals surface area contributed by atoms with Gasteiger partial charge in [-0.2, -0.15) is 23.5 Å². The van der Waals surface area contributed by atoms with Gasteiger partial charge in [-0.3, -0.25) is 0 Å². The topological polar surface area (TPSA) is 72.2 Å². The Morgan fingerprint density at radius 1 is 1.42 bits per heavy atom. The third kappa shape index (κ3) is 3.81. The van der Waals surface area contributed by atoms with Gasteiger partial charge in [-0.05, 0) is 24.6 Å². The zero-order chi connectivity index (χ0) is 13.9. The highest BCUT2D eigenvalue weighted by Crippen LogP contribution is 2.24. The van der Waals surface area contributed by atoms with E-state index in [1.165, 1.54) is 0 Å². The summed E-state index contributed by atoms with van der Waals surface area (Å²) in [5.41, 5.74) is 6.87. The Labute approximate surface area is 123 Å². The van der Waals surface area contributed by atoms with Crippen LogP contribution in [0.4, 0.5) is 5.69 Å². The van der Waals surface area contributed by atoms with E-state index in [2.05, 4.69) is 4.72 Å². The Kier molecular flexibility index (Phi) is 5.05. The maximum atomic E-state index is 12.3. The second-order valence-corrected chi connectivity index (χ2v) is 8.68. The van der Waals surface area contributed by atoms with Gasteiger partial charge in [0.25, 0.3) is 0 Å². The second-order valence-electron chi connectivity index (χ2n) is 4.39. The van der Waals surface area contributed by atoms with E-state index in [0.717, 1.165) is 17.3 Å². The van der Waals surface area contributed by atoms with Crippen LogP contribution in [0.15, 0.2) is 23.1 Å². The van der Waals surface area contributed by atoms with Crippen LogP contribution in [0.25, 0.3) is 0 Å². The lowest BCUT2D eigenvalue weighted by Gasteiger charge is -2.21. The van der Waals surface area contributed by atoms with Crippen LogP contribution in [0.2, 0.25) is 0 Å². The normalized spacial score (nSPS) is 20.4. The molecule has 1 aromatic rings. The van der Waals surface area contributed by atoms with Crippen LogP contribution in [-0.4, -0.2) is 37.5 Å². The van der Waals surface area contributed by atoms with Crippen molar-refractivity contribution < 1.29 is 8.42 Å². The van der Waals surface area contributed by atoms with Gasteiger partial charge in [0.15, 0.2) is 0 Å². The van der Waals surface area contributed by atoms with Crippen molar-refractivity contribution >= 4 is 39.2 Å². The Morgan fingerprint density at radius 3 is 2.89 bits per heavy atom. The summed E-state index contributed by atoms with van der Waals surface area (Å²) in [5, 5.41) is 0.356. The summed E-state index contributed by atoms with van der Waals surface area (Å²) in [5.74, 6) is 3.25. The molecule has 0 amide bonds. The van der Waals surface area contributed by atoms with Crippen LogP contribution in [-0.2, 0) is 10.0 Å². The van der Waals surface area contributed by atoms with Crippen molar-refractivity contribution in [2.45, 2.75) is 17.1 Å². The number of anilines is 1. The number of nitrogen functional groups attached to an aromatic ring is 1. The molecule has 1 fully saturated rings. The summed E-state index contributed by atoms with van der Waals surface area (Å²) in [6, 6.07) is 4.97. The number of thioether (sulfide) groups is 2. The van der Waals surface area contributed by atoms with Crippen LogP contribution < -0.4 is 10.5 Å². The molecule has 4 nitrogen and oxygen atoms in total. The molecule has 0 saturated carbocycles. The highest BCUT2D eigenvalue weighted by atomic mass is 32.2. The molecule has 1 unspecified atom stereocenters. The molecule has 0 bridgehead atoms. The molecule has 0 spiro atoms. The summed E-state index contributed by atoms with van der Waals surface area (Å²) in [6.07, 6.45) is 0. The molecule has 0 aliphatic carbocycles. The summed E-state index contributed by atoms with van der Waals surface area (Å²) in [4.78, 5) is 0.279. The highest BCUT2D eigenvalue weighted by Gasteiger charge is 2.21. The molecular formula is C12H18N2O2S3. The van der Waals surface area contributed by atoms with Gasteiger partial charge < -0.3 is 5.73 Å². The average Bonchev–Trinajstić information content (AvgIpc) is 2.41. The standard InChI is InChI=1S/C12H18N2O2S3/c1-9-11(13)3-2-4-12(9)19(15,16)14-7-10-8-17-5-6-18-10/h2-4,10,14H,5-8,13H2,1H3. The lowest BCUT2D eigenvalue weighted by Crippen LogP contribution is -2.33. The van der Waals surface area contributed by atoms with Gasteiger partial charge in [-0.25, -0.2) is 13.1 Å². The van der Waals surface area contributed by atoms with Crippen molar-refractivity contribution in [1.29, 1.82) is 0 Å². The molecule has 0 radical (unpaired) electrons. The van der Waals surface area contributed by atoms with Gasteiger partial charge in [0.2, 0.25) is 10.0 Å². The SMILES string of the molecule is Cc1c(N)cccc1S(=O)(=O)NCC1CSCCS1. The number of benzene rings is 1. The molecule has 1 aliphatic heterocycles. The molecule has 1 atom stereocenters. The minimum Gasteiger partial charge on any atom is -0.398 e. The van der Waals surface area contributed by atoms with Gasteiger partial charge in [0, 0.05) is 34.7 Å². The Morgan fingerprint density at radius 2 is 2.21 bits per heavy atom. The van der Waals surface area contributed by atoms with Gasteiger partial charge in [0.05, 0.1) is 4.90 Å². The molecule has 7 heteroatoms. The first kappa shape index (κ1) is 15.0. The van der Waals surface area contributed by atoms with Gasteiger partial charge in [-0.1, -0.05) is 6.07 Å². The zero-order valence-electron chi connectivity index (χ0n) is 10.8. The van der Waals surface area contributed by atoms with Crippen molar-refractivity contribution in [2.24, 2.45) is 0 Å². The lowest BCUT2D eigenvalue weighted by molar-refractivity contribution is 0.581. The third-order valence-corrected chi connectivity index (χ3v) is 7.41. The fourth-order valence-corrected chi connectivity index (χ4v) is 5.93. The zero-order valence-corrected chi connectivity index (χ0v) is 13.2. The summed E-state index contributed by atoms with van der Waals surface area (Å²) in [7, 11) is -3.47. The van der Waals surface area contributed by atoms with Crippen molar-refractivity contribution in [3.05, 3.63) is 23.8 Å². The number of hydrogen-bond donors (Lipinski definition) is 2. The number of nitrogens with one attached hydrogen (secondary N) is 1. The van der Waals surface area contributed by atoms with Crippen molar-refractivity contribution in [1.82, 2.24) is 4.72 Å². The van der Waals surface area contributed by atoms with Gasteiger partial charge in [0.1, 0.15) is 0 Å². The first-order valence-electron chi connectivity index (χ1n) is 6.05. The number of nitrogens with two attached hydrogens (primary N) is 1. The Balaban J connectivity index is 2.07. The van der Waals surface area contributed by atoms with Gasteiger partial charge >= 0.3 is 0 Å². The van der Waals surface area contributed by atoms with E-state index in [-0.39, 0.29) is 4.90 Å². The quantitative estimate of drug-likeness (QED) is 0.827. The molecule has 1 saturated heterocycles. The Bertz CT molecular complexity index is 540. The van der Waals surface area contributed by atoms with E-state index in [9.17, 15) is 8.42 Å². The monoisotopic (exact) mass is 318 g/mol. The number of sulfonamides is 1. The minimum atomic E-state index is -3.47. The summed E-state index contributed by atoms with van der Waals surface area (Å²) >= 11 is 3.71. The van der Waals surface area contributed by atoms with E-state index in [1.54, 1.807) is 25.1 Å². The summed E-state index contributed by atoms with van der Waals surface area (Å²) in [6.45, 7) is 2.21. The van der Waals surface area contributed by atoms with E-state index >= 15 is 0 Å². The summed E-state index contributed by atoms with van der Waals surface area (Å²) < 4.78 is 27.2. The van der Waals surface area contributed by atoms with Crippen LogP contribution in [0, 0.1) is 6.92 Å². The van der Waals surface area contributed by atoms with E-state index in [1.807, 2.05) is 23.5 Å². The number of hydrogen-bond acceptors (Lipinski definition) is 5. The first-order chi connectivity index (χ1) is 9.00. The highest BCUT2D eigenvalue weighted by molar-refractivity contribution is 8.06. The molecular weight excluding hydrogens is 300 g/mol. The average molecular weight is 318 g/mol. The number of rotatable bonds is 4. The third-order valence-electron chi connectivity index (χ3n) is 3.00. The van der Waals surface area contributed by atoms with Crippen molar-refractivity contribution in [2.75, 3.05) is 29.5 Å². The van der Waals surface area contributed by atoms with Gasteiger partial charge in [-0.15, -0.1) is 0 Å². The molecule has 2 rings (SSSR count). The molecule has 1 heterocycles. The van der Waals surface area contributed by atoms with E-state index in [0.29, 0.717) is 23.0 Å². The fraction of sp³-hybridized carbons (Fsp3) is 0.500. The van der Waals surface area contributed by atoms with Crippen molar-refractivity contribution in [3.8, 4) is 0 Å². The van der Waals surface area contributed by atoms with E-state index < -0.39 is 10.0 Å². The maximum Gasteiger partial charge on any atom is 0.240 e. The lowest BCUT2D eigenvalue weighted by atomic mass is 10.2. The van der Waals surface area contributed by atoms with Crippen LogP contribution in [0.5, 0.6) is 0 Å². The molecule has 106 valence electrons. The van der Waals surface area contributed by atoms with Crippen molar-refractivity contribution in [3.63, 3.8) is 0 Å². The molecule has 1 aromatic carbocycles. The van der Waals surface area contributed by atoms with Crippen LogP contribution in [0.1, 0.15) is 5.56 Å². The predicted octanol–water partition coefficient (Wildman–Crippen LogP) is 1.70. The molecule has 3 N–H and O–H groups in total. The largest absolute Gasteiger partial charge is 0.398 e. The predicted molar refractivity (Wildman–Crippen MR) is 84.4 cm³/mol. The first-order valence-corrected chi connectivity index (χ1v) is 9.73. The fourth-order valence-electron chi connectivity index (χ4n) is 1.86. The van der Waals surface area contributed by atoms with E-state index in [4.69, 9.17) is 5.73 Å². The molecule has 0 aromatic heterocycles. The molecule has 19 heavy (non-hydrogen) atoms. The maximum absolute atomic E-state index is 12.3. The Hall–Kier alpha value is -0.370. The second kappa shape index (κ2) is 6.39.